The van der Waals surface area contributed by atoms with Crippen LogP contribution in [0.5, 0.6) is 0 Å². The molecule has 1 aliphatic rings. The van der Waals surface area contributed by atoms with Crippen LogP contribution >= 0.6 is 11.6 Å². The molecule has 1 aromatic carbocycles. The van der Waals surface area contributed by atoms with Crippen LogP contribution in [0.15, 0.2) is 23.2 Å². The summed E-state index contributed by atoms with van der Waals surface area (Å²) in [5.41, 5.74) is 3.44. The van der Waals surface area contributed by atoms with Gasteiger partial charge in [0, 0.05) is 33.1 Å². The molecular weight excluding hydrogens is 280 g/mol. The highest BCUT2D eigenvalue weighted by Crippen LogP contribution is 2.30. The highest BCUT2D eigenvalue weighted by molar-refractivity contribution is 6.33. The Morgan fingerprint density at radius 3 is 2.65 bits per heavy atom. The Labute approximate surface area is 122 Å². The lowest BCUT2D eigenvalue weighted by atomic mass is 10.2. The van der Waals surface area contributed by atoms with Crippen LogP contribution < -0.4 is 10.4 Å². The van der Waals surface area contributed by atoms with Crippen molar-refractivity contribution in [3.05, 3.63) is 23.2 Å². The van der Waals surface area contributed by atoms with Gasteiger partial charge in [-0.05, 0) is 18.2 Å². The number of hydrogen-bond acceptors (Lipinski definition) is 4. The molecule has 1 aromatic rings. The summed E-state index contributed by atoms with van der Waals surface area (Å²) in [6, 6.07) is 5.46. The molecule has 6 nitrogen and oxygen atoms in total. The van der Waals surface area contributed by atoms with E-state index in [4.69, 9.17) is 16.8 Å². The van der Waals surface area contributed by atoms with Gasteiger partial charge in [0.15, 0.2) is 0 Å². The van der Waals surface area contributed by atoms with Crippen LogP contribution in [0.1, 0.15) is 6.92 Å². The number of hydrogen-bond donors (Lipinski definition) is 2. The fourth-order valence-electron chi connectivity index (χ4n) is 2.20. The third kappa shape index (κ3) is 3.40. The Balaban J connectivity index is 2.07. The first kappa shape index (κ1) is 14.6. The molecule has 0 spiro atoms. The van der Waals surface area contributed by atoms with Gasteiger partial charge in [-0.15, -0.1) is 0 Å². The molecule has 20 heavy (non-hydrogen) atoms. The first-order chi connectivity index (χ1) is 9.61. The number of carbonyl (C=O) groups is 1. The molecule has 1 saturated heterocycles. The maximum Gasteiger partial charge on any atom is 0.219 e. The highest BCUT2D eigenvalue weighted by atomic mass is 35.5. The average molecular weight is 297 g/mol. The van der Waals surface area contributed by atoms with Gasteiger partial charge in [0.2, 0.25) is 5.91 Å². The number of amides is 1. The summed E-state index contributed by atoms with van der Waals surface area (Å²) < 4.78 is 0. The zero-order valence-corrected chi connectivity index (χ0v) is 12.0. The van der Waals surface area contributed by atoms with E-state index in [9.17, 15) is 4.79 Å². The number of anilines is 1. The lowest BCUT2D eigenvalue weighted by molar-refractivity contribution is -0.129. The Hall–Kier alpha value is -1.79. The SMILES string of the molecule is CC(=O)N1CCN(c2ccc(N=CNO)cc2Cl)CC1. The Morgan fingerprint density at radius 2 is 2.10 bits per heavy atom. The van der Waals surface area contributed by atoms with Gasteiger partial charge in [-0.3, -0.25) is 15.5 Å². The van der Waals surface area contributed by atoms with Gasteiger partial charge in [-0.2, -0.15) is 0 Å². The van der Waals surface area contributed by atoms with Crippen LogP contribution in [-0.4, -0.2) is 48.5 Å². The van der Waals surface area contributed by atoms with E-state index >= 15 is 0 Å². The quantitative estimate of drug-likeness (QED) is 0.505. The van der Waals surface area contributed by atoms with Crippen molar-refractivity contribution in [1.29, 1.82) is 0 Å². The molecule has 0 saturated carbocycles. The number of carbonyl (C=O) groups excluding carboxylic acids is 1. The lowest BCUT2D eigenvalue weighted by Gasteiger charge is -2.36. The molecule has 2 rings (SSSR count). The molecule has 0 radical (unpaired) electrons. The molecule has 108 valence electrons. The Morgan fingerprint density at radius 1 is 1.40 bits per heavy atom. The summed E-state index contributed by atoms with van der Waals surface area (Å²) in [6.07, 6.45) is 1.18. The highest BCUT2D eigenvalue weighted by Gasteiger charge is 2.20. The summed E-state index contributed by atoms with van der Waals surface area (Å²) in [5, 5.41) is 9.06. The van der Waals surface area contributed by atoms with Crippen molar-refractivity contribution in [2.24, 2.45) is 4.99 Å². The predicted octanol–water partition coefficient (Wildman–Crippen LogP) is 1.65. The largest absolute Gasteiger partial charge is 0.367 e. The number of aliphatic imine (C=N–C) groups is 1. The maximum absolute atomic E-state index is 11.3. The van der Waals surface area contributed by atoms with E-state index < -0.39 is 0 Å². The minimum absolute atomic E-state index is 0.108. The number of piperazine rings is 1. The number of nitrogens with zero attached hydrogens (tertiary/aromatic N) is 3. The van der Waals surface area contributed by atoms with Gasteiger partial charge in [0.25, 0.3) is 0 Å². The Bertz CT molecular complexity index is 513. The van der Waals surface area contributed by atoms with Gasteiger partial charge in [-0.25, -0.2) is 4.99 Å². The minimum Gasteiger partial charge on any atom is -0.367 e. The minimum atomic E-state index is 0.108. The van der Waals surface area contributed by atoms with Crippen molar-refractivity contribution in [3.8, 4) is 0 Å². The number of hydroxylamine groups is 1. The fraction of sp³-hybridized carbons (Fsp3) is 0.385. The monoisotopic (exact) mass is 296 g/mol. The standard InChI is InChI=1S/C13H17ClN4O2/c1-10(19)17-4-6-18(7-5-17)13-3-2-11(8-12(13)14)15-9-16-20/h2-3,8-9,20H,4-7H2,1H3,(H,15,16). The third-order valence-electron chi connectivity index (χ3n) is 3.27. The Kier molecular flexibility index (Phi) is 4.81. The van der Waals surface area contributed by atoms with Crippen molar-refractivity contribution in [3.63, 3.8) is 0 Å². The van der Waals surface area contributed by atoms with Gasteiger partial charge >= 0.3 is 0 Å². The zero-order chi connectivity index (χ0) is 14.5. The molecule has 0 atom stereocenters. The van der Waals surface area contributed by atoms with Crippen LogP contribution in [0.3, 0.4) is 0 Å². The van der Waals surface area contributed by atoms with Crippen molar-refractivity contribution in [2.45, 2.75) is 6.92 Å². The van der Waals surface area contributed by atoms with E-state index in [0.717, 1.165) is 18.8 Å². The van der Waals surface area contributed by atoms with E-state index in [0.29, 0.717) is 23.8 Å². The molecular formula is C13H17ClN4O2. The average Bonchev–Trinajstić information content (AvgIpc) is 2.45. The van der Waals surface area contributed by atoms with Gasteiger partial charge < -0.3 is 9.80 Å². The summed E-state index contributed by atoms with van der Waals surface area (Å²) in [4.78, 5) is 19.2. The number of rotatable bonds is 3. The summed E-state index contributed by atoms with van der Waals surface area (Å²) >= 11 is 6.26. The molecule has 0 unspecified atom stereocenters. The first-order valence-electron chi connectivity index (χ1n) is 6.34. The summed E-state index contributed by atoms with van der Waals surface area (Å²) in [7, 11) is 0. The normalized spacial score (nSPS) is 15.8. The van der Waals surface area contributed by atoms with Crippen LogP contribution in [0.2, 0.25) is 5.02 Å². The molecule has 1 fully saturated rings. The zero-order valence-electron chi connectivity index (χ0n) is 11.2. The van der Waals surface area contributed by atoms with Crippen molar-refractivity contribution >= 4 is 35.2 Å². The summed E-state index contributed by atoms with van der Waals surface area (Å²) in [5.74, 6) is 0.108. The van der Waals surface area contributed by atoms with Crippen molar-refractivity contribution in [1.82, 2.24) is 10.4 Å². The lowest BCUT2D eigenvalue weighted by Crippen LogP contribution is -2.48. The van der Waals surface area contributed by atoms with E-state index in [1.165, 1.54) is 6.34 Å². The van der Waals surface area contributed by atoms with Gasteiger partial charge in [0.05, 0.1) is 16.4 Å². The molecule has 7 heteroatoms. The number of halogens is 1. The van der Waals surface area contributed by atoms with Crippen LogP contribution in [-0.2, 0) is 4.79 Å². The predicted molar refractivity (Wildman–Crippen MR) is 79.0 cm³/mol. The van der Waals surface area contributed by atoms with Crippen LogP contribution in [0, 0.1) is 0 Å². The second-order valence-corrected chi connectivity index (χ2v) is 4.92. The van der Waals surface area contributed by atoms with E-state index in [1.807, 2.05) is 22.5 Å². The second-order valence-electron chi connectivity index (χ2n) is 4.52. The van der Waals surface area contributed by atoms with Gasteiger partial charge in [-0.1, -0.05) is 11.6 Å². The molecule has 0 aliphatic carbocycles. The van der Waals surface area contributed by atoms with Crippen molar-refractivity contribution in [2.75, 3.05) is 31.1 Å². The van der Waals surface area contributed by atoms with Crippen LogP contribution in [0.25, 0.3) is 0 Å². The maximum atomic E-state index is 11.3. The van der Waals surface area contributed by atoms with Crippen LogP contribution in [0.4, 0.5) is 11.4 Å². The molecule has 0 bridgehead atoms. The third-order valence-corrected chi connectivity index (χ3v) is 3.57. The topological polar surface area (TPSA) is 68.2 Å². The molecule has 0 aromatic heterocycles. The molecule has 1 amide bonds. The number of nitrogens with one attached hydrogen (secondary N) is 1. The molecule has 1 aliphatic heterocycles. The van der Waals surface area contributed by atoms with E-state index in [1.54, 1.807) is 13.0 Å². The van der Waals surface area contributed by atoms with Gasteiger partial charge in [0.1, 0.15) is 6.34 Å². The van der Waals surface area contributed by atoms with E-state index in [2.05, 4.69) is 9.89 Å². The summed E-state index contributed by atoms with van der Waals surface area (Å²) in [6.45, 7) is 4.53. The first-order valence-corrected chi connectivity index (χ1v) is 6.72. The molecule has 1 heterocycles. The molecule has 2 N–H and O–H groups in total. The fourth-order valence-corrected chi connectivity index (χ4v) is 2.49. The smallest absolute Gasteiger partial charge is 0.219 e. The second kappa shape index (κ2) is 6.58. The number of benzene rings is 1. The van der Waals surface area contributed by atoms with Crippen molar-refractivity contribution < 1.29 is 10.0 Å². The van der Waals surface area contributed by atoms with E-state index in [-0.39, 0.29) is 5.91 Å².